The Morgan fingerprint density at radius 2 is 2.20 bits per heavy atom. The van der Waals surface area contributed by atoms with E-state index in [0.717, 1.165) is 35.1 Å². The van der Waals surface area contributed by atoms with E-state index < -0.39 is 0 Å². The van der Waals surface area contributed by atoms with Crippen LogP contribution in [0.2, 0.25) is 5.02 Å². The van der Waals surface area contributed by atoms with Gasteiger partial charge in [0.15, 0.2) is 0 Å². The van der Waals surface area contributed by atoms with Crippen molar-refractivity contribution in [3.63, 3.8) is 0 Å². The molecule has 2 aromatic rings. The molecule has 2 aromatic heterocycles. The summed E-state index contributed by atoms with van der Waals surface area (Å²) in [5.41, 5.74) is 3.01. The third-order valence-corrected chi connectivity index (χ3v) is 3.57. The Balaban J connectivity index is 1.99. The molecule has 0 amide bonds. The van der Waals surface area contributed by atoms with Gasteiger partial charge in [0.05, 0.1) is 23.5 Å². The summed E-state index contributed by atoms with van der Waals surface area (Å²) < 4.78 is 7.03. The first-order valence-electron chi connectivity index (χ1n) is 6.57. The van der Waals surface area contributed by atoms with Crippen LogP contribution in [0.4, 0.5) is 0 Å². The van der Waals surface area contributed by atoms with Crippen LogP contribution in [0.25, 0.3) is 0 Å². The molecule has 0 spiro atoms. The summed E-state index contributed by atoms with van der Waals surface area (Å²) in [7, 11) is 1.61. The van der Waals surface area contributed by atoms with Gasteiger partial charge in [-0.3, -0.25) is 4.68 Å². The van der Waals surface area contributed by atoms with E-state index in [1.165, 1.54) is 0 Å². The summed E-state index contributed by atoms with van der Waals surface area (Å²) in [6.07, 6.45) is 1.74. The Bertz CT molecular complexity index is 583. The lowest BCUT2D eigenvalue weighted by molar-refractivity contribution is 0.397. The molecule has 0 saturated carbocycles. The second kappa shape index (κ2) is 6.72. The number of halogens is 1. The Morgan fingerprint density at radius 3 is 2.90 bits per heavy atom. The van der Waals surface area contributed by atoms with E-state index >= 15 is 0 Å². The van der Waals surface area contributed by atoms with Gasteiger partial charge in [-0.2, -0.15) is 5.10 Å². The van der Waals surface area contributed by atoms with Gasteiger partial charge in [-0.05, 0) is 25.5 Å². The Kier molecular flexibility index (Phi) is 4.98. The molecule has 0 unspecified atom stereocenters. The number of nitrogens with one attached hydrogen (secondary N) is 1. The maximum atomic E-state index is 6.27. The van der Waals surface area contributed by atoms with E-state index in [-0.39, 0.29) is 0 Å². The molecule has 0 bridgehead atoms. The van der Waals surface area contributed by atoms with Crippen LogP contribution in [-0.4, -0.2) is 21.9 Å². The summed E-state index contributed by atoms with van der Waals surface area (Å²) in [6, 6.07) is 3.87. The van der Waals surface area contributed by atoms with Gasteiger partial charge in [0.1, 0.15) is 0 Å². The number of aromatic nitrogens is 3. The summed E-state index contributed by atoms with van der Waals surface area (Å²) in [5.74, 6) is 0.622. The van der Waals surface area contributed by atoms with Crippen LogP contribution in [0.3, 0.4) is 0 Å². The first-order chi connectivity index (χ1) is 9.65. The van der Waals surface area contributed by atoms with Gasteiger partial charge in [-0.1, -0.05) is 11.6 Å². The van der Waals surface area contributed by atoms with Crippen LogP contribution in [0.1, 0.15) is 23.9 Å². The topological polar surface area (TPSA) is 52.0 Å². The highest BCUT2D eigenvalue weighted by Crippen LogP contribution is 2.20. The van der Waals surface area contributed by atoms with Crippen LogP contribution in [0.15, 0.2) is 18.3 Å². The molecule has 0 aliphatic carbocycles. The third kappa shape index (κ3) is 3.29. The molecule has 6 heteroatoms. The van der Waals surface area contributed by atoms with E-state index in [9.17, 15) is 0 Å². The lowest BCUT2D eigenvalue weighted by atomic mass is 10.2. The Hall–Kier alpha value is -1.59. The average Bonchev–Trinajstić information content (AvgIpc) is 2.75. The molecule has 0 fully saturated rings. The van der Waals surface area contributed by atoms with Gasteiger partial charge in [-0.15, -0.1) is 0 Å². The molecule has 0 radical (unpaired) electrons. The number of aryl methyl sites for hydroxylation is 2. The van der Waals surface area contributed by atoms with Crippen molar-refractivity contribution in [3.8, 4) is 5.88 Å². The van der Waals surface area contributed by atoms with Gasteiger partial charge < -0.3 is 10.1 Å². The molecule has 0 atom stereocenters. The van der Waals surface area contributed by atoms with Crippen LogP contribution < -0.4 is 10.1 Å². The van der Waals surface area contributed by atoms with Gasteiger partial charge >= 0.3 is 0 Å². The van der Waals surface area contributed by atoms with Crippen molar-refractivity contribution >= 4 is 11.6 Å². The van der Waals surface area contributed by atoms with Gasteiger partial charge in [0, 0.05) is 31.9 Å². The molecule has 1 N–H and O–H groups in total. The number of methoxy groups -OCH3 is 1. The highest BCUT2D eigenvalue weighted by Gasteiger charge is 2.11. The lowest BCUT2D eigenvalue weighted by Gasteiger charge is -2.08. The van der Waals surface area contributed by atoms with Crippen molar-refractivity contribution in [1.29, 1.82) is 0 Å². The first kappa shape index (κ1) is 14.8. The van der Waals surface area contributed by atoms with Gasteiger partial charge in [-0.25, -0.2) is 4.98 Å². The molecule has 5 nitrogen and oxygen atoms in total. The standard InChI is InChI=1S/C14H19ClN4O/c1-4-19-12(14(15)10(2)18-19)9-16-8-11-5-6-17-13(7-11)20-3/h5-7,16H,4,8-9H2,1-3H3. The maximum absolute atomic E-state index is 6.27. The van der Waals surface area contributed by atoms with E-state index in [0.29, 0.717) is 12.4 Å². The van der Waals surface area contributed by atoms with Crippen LogP contribution >= 0.6 is 11.6 Å². The Labute approximate surface area is 123 Å². The molecular weight excluding hydrogens is 276 g/mol. The molecule has 20 heavy (non-hydrogen) atoms. The SMILES string of the molecule is CCn1nc(C)c(Cl)c1CNCc1ccnc(OC)c1. The summed E-state index contributed by atoms with van der Waals surface area (Å²) in [4.78, 5) is 4.08. The smallest absolute Gasteiger partial charge is 0.213 e. The minimum absolute atomic E-state index is 0.622. The van der Waals surface area contributed by atoms with Crippen molar-refractivity contribution in [3.05, 3.63) is 40.3 Å². The van der Waals surface area contributed by atoms with Crippen molar-refractivity contribution in [1.82, 2.24) is 20.1 Å². The number of rotatable bonds is 6. The zero-order valence-electron chi connectivity index (χ0n) is 12.0. The van der Waals surface area contributed by atoms with Crippen molar-refractivity contribution < 1.29 is 4.74 Å². The van der Waals surface area contributed by atoms with Crippen LogP contribution in [0, 0.1) is 6.92 Å². The molecule has 0 aromatic carbocycles. The van der Waals surface area contributed by atoms with Crippen molar-refractivity contribution in [2.75, 3.05) is 7.11 Å². The fraction of sp³-hybridized carbons (Fsp3) is 0.429. The number of hydrogen-bond acceptors (Lipinski definition) is 4. The molecule has 0 saturated heterocycles. The monoisotopic (exact) mass is 294 g/mol. The minimum atomic E-state index is 0.622. The highest BCUT2D eigenvalue weighted by atomic mass is 35.5. The van der Waals surface area contributed by atoms with Gasteiger partial charge in [0.2, 0.25) is 5.88 Å². The van der Waals surface area contributed by atoms with E-state index in [4.69, 9.17) is 16.3 Å². The normalized spacial score (nSPS) is 10.8. The predicted octanol–water partition coefficient (Wildman–Crippen LogP) is 2.56. The lowest BCUT2D eigenvalue weighted by Crippen LogP contribution is -2.16. The fourth-order valence-corrected chi connectivity index (χ4v) is 2.24. The number of ether oxygens (including phenoxy) is 1. The summed E-state index contributed by atoms with van der Waals surface area (Å²) in [6.45, 7) is 6.20. The fourth-order valence-electron chi connectivity index (χ4n) is 2.04. The molecular formula is C14H19ClN4O. The van der Waals surface area contributed by atoms with Gasteiger partial charge in [0.25, 0.3) is 0 Å². The number of pyridine rings is 1. The van der Waals surface area contributed by atoms with Crippen molar-refractivity contribution in [2.24, 2.45) is 0 Å². The second-order valence-corrected chi connectivity index (χ2v) is 4.85. The quantitative estimate of drug-likeness (QED) is 0.889. The van der Waals surface area contributed by atoms with E-state index in [1.807, 2.05) is 23.7 Å². The summed E-state index contributed by atoms with van der Waals surface area (Å²) >= 11 is 6.27. The number of nitrogens with zero attached hydrogens (tertiary/aromatic N) is 3. The second-order valence-electron chi connectivity index (χ2n) is 4.47. The zero-order chi connectivity index (χ0) is 14.5. The highest BCUT2D eigenvalue weighted by molar-refractivity contribution is 6.31. The van der Waals surface area contributed by atoms with Crippen LogP contribution in [0.5, 0.6) is 5.88 Å². The molecule has 2 rings (SSSR count). The minimum Gasteiger partial charge on any atom is -0.481 e. The predicted molar refractivity (Wildman–Crippen MR) is 79.0 cm³/mol. The molecule has 2 heterocycles. The average molecular weight is 295 g/mol. The maximum Gasteiger partial charge on any atom is 0.213 e. The summed E-state index contributed by atoms with van der Waals surface area (Å²) in [5, 5.41) is 8.51. The molecule has 108 valence electrons. The largest absolute Gasteiger partial charge is 0.481 e. The zero-order valence-corrected chi connectivity index (χ0v) is 12.7. The molecule has 0 aliphatic rings. The van der Waals surface area contributed by atoms with Crippen LogP contribution in [-0.2, 0) is 19.6 Å². The number of hydrogen-bond donors (Lipinski definition) is 1. The van der Waals surface area contributed by atoms with E-state index in [1.54, 1.807) is 13.3 Å². The van der Waals surface area contributed by atoms with Crippen molar-refractivity contribution in [2.45, 2.75) is 33.5 Å². The first-order valence-corrected chi connectivity index (χ1v) is 6.95. The van der Waals surface area contributed by atoms with E-state index in [2.05, 4.69) is 22.3 Å². The Morgan fingerprint density at radius 1 is 1.40 bits per heavy atom. The third-order valence-electron chi connectivity index (χ3n) is 3.08. The molecule has 0 aliphatic heterocycles.